The summed E-state index contributed by atoms with van der Waals surface area (Å²) in [6, 6.07) is 18.1. The van der Waals surface area contributed by atoms with Crippen LogP contribution in [0.4, 0.5) is 9.18 Å². The number of halogens is 2. The van der Waals surface area contributed by atoms with Gasteiger partial charge in [0.1, 0.15) is 11.6 Å². The van der Waals surface area contributed by atoms with E-state index < -0.39 is 11.9 Å². The van der Waals surface area contributed by atoms with E-state index in [2.05, 4.69) is 21.2 Å². The molecule has 158 valence electrons. The molecule has 4 aromatic rings. The van der Waals surface area contributed by atoms with E-state index in [1.54, 1.807) is 24.5 Å². The third kappa shape index (κ3) is 4.88. The van der Waals surface area contributed by atoms with Crippen molar-refractivity contribution < 1.29 is 18.3 Å². The van der Waals surface area contributed by atoms with Crippen LogP contribution in [0.15, 0.2) is 82.0 Å². The summed E-state index contributed by atoms with van der Waals surface area (Å²) in [6.45, 7) is 2.46. The maximum Gasteiger partial charge on any atom is 0.414 e. The van der Waals surface area contributed by atoms with Gasteiger partial charge in [-0.25, -0.2) is 9.18 Å². The van der Waals surface area contributed by atoms with Gasteiger partial charge in [0.05, 0.1) is 18.4 Å². The Kier molecular flexibility index (Phi) is 6.23. The average molecular weight is 483 g/mol. The summed E-state index contributed by atoms with van der Waals surface area (Å²) in [4.78, 5) is 12.6. The molecule has 0 aliphatic carbocycles. The number of aryl methyl sites for hydroxylation is 1. The number of hydrogen-bond acceptors (Lipinski definition) is 3. The second-order valence-corrected chi connectivity index (χ2v) is 7.98. The number of furan rings is 1. The van der Waals surface area contributed by atoms with Crippen molar-refractivity contribution >= 4 is 22.0 Å². The highest BCUT2D eigenvalue weighted by atomic mass is 79.9. The molecule has 0 atom stereocenters. The second-order valence-electron chi connectivity index (χ2n) is 7.06. The van der Waals surface area contributed by atoms with Crippen LogP contribution >= 0.6 is 15.9 Å². The maximum atomic E-state index is 14.0. The van der Waals surface area contributed by atoms with Gasteiger partial charge in [0.2, 0.25) is 5.88 Å². The molecule has 0 saturated heterocycles. The largest absolute Gasteiger partial charge is 0.464 e. The predicted octanol–water partition coefficient (Wildman–Crippen LogP) is 6.30. The number of hydrogen-bond donors (Lipinski definition) is 1. The Balaban J connectivity index is 1.58. The van der Waals surface area contributed by atoms with Crippen LogP contribution in [0.3, 0.4) is 0 Å². The van der Waals surface area contributed by atoms with Crippen LogP contribution in [0.5, 0.6) is 5.88 Å². The van der Waals surface area contributed by atoms with Crippen molar-refractivity contribution in [2.75, 3.05) is 0 Å². The summed E-state index contributed by atoms with van der Waals surface area (Å²) in [5.41, 5.74) is 3.03. The van der Waals surface area contributed by atoms with E-state index in [0.29, 0.717) is 33.8 Å². The minimum Gasteiger partial charge on any atom is -0.464 e. The highest BCUT2D eigenvalue weighted by Gasteiger charge is 2.21. The lowest BCUT2D eigenvalue weighted by molar-refractivity contribution is 0.196. The van der Waals surface area contributed by atoms with E-state index >= 15 is 0 Å². The fourth-order valence-electron chi connectivity index (χ4n) is 3.35. The van der Waals surface area contributed by atoms with Gasteiger partial charge in [0.15, 0.2) is 0 Å². The van der Waals surface area contributed by atoms with Gasteiger partial charge >= 0.3 is 6.09 Å². The molecule has 0 bridgehead atoms. The Morgan fingerprint density at radius 1 is 1.16 bits per heavy atom. The van der Waals surface area contributed by atoms with Crippen LogP contribution in [0.1, 0.15) is 16.7 Å². The van der Waals surface area contributed by atoms with Crippen LogP contribution in [0.2, 0.25) is 0 Å². The molecule has 0 fully saturated rings. The quantitative estimate of drug-likeness (QED) is 0.351. The summed E-state index contributed by atoms with van der Waals surface area (Å²) in [7, 11) is 0. The van der Waals surface area contributed by atoms with E-state index in [0.717, 1.165) is 11.1 Å². The molecule has 0 spiro atoms. The van der Waals surface area contributed by atoms with Gasteiger partial charge in [0.25, 0.3) is 0 Å². The summed E-state index contributed by atoms with van der Waals surface area (Å²) < 4.78 is 27.8. The Bertz CT molecular complexity index is 1190. The van der Waals surface area contributed by atoms with Crippen LogP contribution < -0.4 is 10.1 Å². The highest BCUT2D eigenvalue weighted by molar-refractivity contribution is 9.10. The Hall–Kier alpha value is -3.32. The number of nitrogens with one attached hydrogen (secondary N) is 1. The third-order valence-electron chi connectivity index (χ3n) is 4.81. The van der Waals surface area contributed by atoms with Gasteiger partial charge in [0, 0.05) is 22.8 Å². The summed E-state index contributed by atoms with van der Waals surface area (Å²) in [5.74, 6) is 0.561. The molecule has 2 aromatic heterocycles. The van der Waals surface area contributed by atoms with Gasteiger partial charge in [-0.3, -0.25) is 0 Å². The number of nitrogens with zero attached hydrogens (tertiary/aromatic N) is 1. The minimum atomic E-state index is -0.678. The van der Waals surface area contributed by atoms with E-state index in [1.807, 2.05) is 54.1 Å². The van der Waals surface area contributed by atoms with E-state index in [4.69, 9.17) is 9.15 Å². The first-order valence-electron chi connectivity index (χ1n) is 9.68. The molecule has 0 aliphatic heterocycles. The Morgan fingerprint density at radius 3 is 2.68 bits per heavy atom. The number of rotatable bonds is 6. The molecule has 4 rings (SSSR count). The average Bonchev–Trinajstić information content (AvgIpc) is 3.36. The number of carbonyl (C=O) groups excluding carboxylic acids is 1. The third-order valence-corrected chi connectivity index (χ3v) is 5.30. The first-order chi connectivity index (χ1) is 15.0. The SMILES string of the molecule is Cc1cn(Cc2ccccc2)c(OC(=O)NCc2ccc(Br)cc2F)c1-c1ccco1. The first-order valence-corrected chi connectivity index (χ1v) is 10.5. The van der Waals surface area contributed by atoms with E-state index in [1.165, 1.54) is 6.07 Å². The number of aromatic nitrogens is 1. The molecule has 0 unspecified atom stereocenters. The van der Waals surface area contributed by atoms with Crippen molar-refractivity contribution in [3.05, 3.63) is 100 Å². The zero-order valence-electron chi connectivity index (χ0n) is 16.8. The van der Waals surface area contributed by atoms with Crippen LogP contribution in [-0.2, 0) is 13.1 Å². The van der Waals surface area contributed by atoms with Crippen molar-refractivity contribution in [3.8, 4) is 17.2 Å². The monoisotopic (exact) mass is 482 g/mol. The molecule has 2 heterocycles. The summed E-state index contributed by atoms with van der Waals surface area (Å²) >= 11 is 3.22. The smallest absolute Gasteiger partial charge is 0.414 e. The molecule has 0 saturated carbocycles. The highest BCUT2D eigenvalue weighted by Crippen LogP contribution is 2.36. The number of benzene rings is 2. The van der Waals surface area contributed by atoms with Crippen molar-refractivity contribution in [2.45, 2.75) is 20.0 Å². The zero-order chi connectivity index (χ0) is 21.8. The van der Waals surface area contributed by atoms with Gasteiger partial charge < -0.3 is 19.0 Å². The van der Waals surface area contributed by atoms with E-state index in [9.17, 15) is 9.18 Å². The number of carbonyl (C=O) groups is 1. The molecule has 1 N–H and O–H groups in total. The fourth-order valence-corrected chi connectivity index (χ4v) is 3.69. The minimum absolute atomic E-state index is 0.00636. The number of amides is 1. The summed E-state index contributed by atoms with van der Waals surface area (Å²) in [6.07, 6.45) is 2.81. The molecular formula is C24H20BrFN2O3. The van der Waals surface area contributed by atoms with Gasteiger partial charge in [-0.05, 0) is 42.3 Å². The topological polar surface area (TPSA) is 56.4 Å². The van der Waals surface area contributed by atoms with Gasteiger partial charge in [-0.2, -0.15) is 0 Å². The maximum absolute atomic E-state index is 14.0. The molecule has 0 radical (unpaired) electrons. The lowest BCUT2D eigenvalue weighted by Gasteiger charge is -2.12. The van der Waals surface area contributed by atoms with Gasteiger partial charge in [-0.15, -0.1) is 0 Å². The number of ether oxygens (including phenoxy) is 1. The molecular weight excluding hydrogens is 463 g/mol. The zero-order valence-corrected chi connectivity index (χ0v) is 18.4. The molecule has 0 aliphatic rings. The van der Waals surface area contributed by atoms with Crippen molar-refractivity contribution in [2.24, 2.45) is 0 Å². The molecule has 31 heavy (non-hydrogen) atoms. The van der Waals surface area contributed by atoms with E-state index in [-0.39, 0.29) is 6.54 Å². The van der Waals surface area contributed by atoms with Crippen LogP contribution in [-0.4, -0.2) is 10.7 Å². The lowest BCUT2D eigenvalue weighted by atomic mass is 10.1. The predicted molar refractivity (Wildman–Crippen MR) is 119 cm³/mol. The van der Waals surface area contributed by atoms with Crippen LogP contribution in [0, 0.1) is 12.7 Å². The normalized spacial score (nSPS) is 10.8. The summed E-state index contributed by atoms with van der Waals surface area (Å²) in [5, 5.41) is 2.62. The molecule has 7 heteroatoms. The first kappa shape index (κ1) is 20.9. The standard InChI is InChI=1S/C24H20BrFN2O3/c1-16-14-28(15-17-6-3-2-4-7-17)23(22(16)21-8-5-11-30-21)31-24(29)27-13-18-9-10-19(25)12-20(18)26/h2-12,14H,13,15H2,1H3,(H,27,29). The molecule has 1 amide bonds. The van der Waals surface area contributed by atoms with Crippen molar-refractivity contribution in [1.82, 2.24) is 9.88 Å². The Morgan fingerprint density at radius 2 is 1.97 bits per heavy atom. The van der Waals surface area contributed by atoms with Crippen molar-refractivity contribution in [1.29, 1.82) is 0 Å². The molecule has 2 aromatic carbocycles. The Labute approximate surface area is 187 Å². The van der Waals surface area contributed by atoms with Crippen LogP contribution in [0.25, 0.3) is 11.3 Å². The van der Waals surface area contributed by atoms with Gasteiger partial charge in [-0.1, -0.05) is 52.3 Å². The lowest BCUT2D eigenvalue weighted by Crippen LogP contribution is -2.27. The molecule has 5 nitrogen and oxygen atoms in total. The second kappa shape index (κ2) is 9.22. The van der Waals surface area contributed by atoms with Crippen molar-refractivity contribution in [3.63, 3.8) is 0 Å². The fraction of sp³-hybridized carbons (Fsp3) is 0.125.